The van der Waals surface area contributed by atoms with Crippen LogP contribution < -0.4 is 4.74 Å². The van der Waals surface area contributed by atoms with Crippen LogP contribution in [0.1, 0.15) is 22.5 Å². The molecule has 0 spiro atoms. The van der Waals surface area contributed by atoms with Crippen molar-refractivity contribution in [3.8, 4) is 5.75 Å². The van der Waals surface area contributed by atoms with Gasteiger partial charge in [-0.15, -0.1) is 11.3 Å². The topological polar surface area (TPSA) is 29.5 Å². The number of alkyl halides is 3. The lowest BCUT2D eigenvalue weighted by atomic mass is 9.96. The van der Waals surface area contributed by atoms with E-state index in [1.807, 2.05) is 18.2 Å². The molecule has 3 nitrogen and oxygen atoms in total. The van der Waals surface area contributed by atoms with Crippen LogP contribution in [0.25, 0.3) is 10.1 Å². The van der Waals surface area contributed by atoms with Gasteiger partial charge in [0.25, 0.3) is 5.91 Å². The van der Waals surface area contributed by atoms with Gasteiger partial charge in [-0.05, 0) is 42.5 Å². The minimum absolute atomic E-state index is 0.0199. The number of hydrogen-bond acceptors (Lipinski definition) is 3. The van der Waals surface area contributed by atoms with Gasteiger partial charge in [0, 0.05) is 17.8 Å². The number of hydrogen-bond donors (Lipinski definition) is 0. The quantitative estimate of drug-likeness (QED) is 0.812. The highest BCUT2D eigenvalue weighted by molar-refractivity contribution is 7.20. The highest BCUT2D eigenvalue weighted by atomic mass is 32.1. The smallest absolute Gasteiger partial charge is 0.391 e. The first-order chi connectivity index (χ1) is 10.9. The Balaban J connectivity index is 1.74. The van der Waals surface area contributed by atoms with E-state index in [2.05, 4.69) is 0 Å². The maximum absolute atomic E-state index is 12.7. The SMILES string of the molecule is COc1ccc2cc(C(=O)N3CCC(C(F)(F)F)CC3)sc2c1. The zero-order chi connectivity index (χ0) is 16.6. The molecule has 1 aromatic carbocycles. The molecule has 0 N–H and O–H groups in total. The van der Waals surface area contributed by atoms with Gasteiger partial charge in [0.2, 0.25) is 0 Å². The molecule has 0 unspecified atom stereocenters. The Morgan fingerprint density at radius 2 is 1.96 bits per heavy atom. The number of carbonyl (C=O) groups is 1. The largest absolute Gasteiger partial charge is 0.497 e. The van der Waals surface area contributed by atoms with E-state index in [4.69, 9.17) is 4.74 Å². The molecular formula is C16H16F3NO2S. The summed E-state index contributed by atoms with van der Waals surface area (Å²) in [6.45, 7) is 0.307. The third-order valence-electron chi connectivity index (χ3n) is 4.18. The first-order valence-corrected chi connectivity index (χ1v) is 8.13. The van der Waals surface area contributed by atoms with Gasteiger partial charge in [-0.25, -0.2) is 0 Å². The molecule has 1 aliphatic rings. The number of thiophene rings is 1. The number of fused-ring (bicyclic) bond motifs is 1. The van der Waals surface area contributed by atoms with Gasteiger partial charge in [0.15, 0.2) is 0 Å². The van der Waals surface area contributed by atoms with Gasteiger partial charge < -0.3 is 9.64 Å². The van der Waals surface area contributed by atoms with Crippen molar-refractivity contribution in [1.29, 1.82) is 0 Å². The van der Waals surface area contributed by atoms with E-state index >= 15 is 0 Å². The summed E-state index contributed by atoms with van der Waals surface area (Å²) in [5, 5.41) is 0.935. The number of nitrogens with zero attached hydrogens (tertiary/aromatic N) is 1. The Labute approximate surface area is 135 Å². The molecule has 0 aliphatic carbocycles. The van der Waals surface area contributed by atoms with Crippen LogP contribution in [0.3, 0.4) is 0 Å². The van der Waals surface area contributed by atoms with Gasteiger partial charge in [-0.1, -0.05) is 0 Å². The van der Waals surface area contributed by atoms with Crippen molar-refractivity contribution in [2.75, 3.05) is 20.2 Å². The van der Waals surface area contributed by atoms with E-state index < -0.39 is 12.1 Å². The van der Waals surface area contributed by atoms with Crippen LogP contribution in [-0.2, 0) is 0 Å². The summed E-state index contributed by atoms with van der Waals surface area (Å²) in [5.74, 6) is -0.770. The fourth-order valence-corrected chi connectivity index (χ4v) is 3.87. The molecule has 0 atom stereocenters. The number of carbonyl (C=O) groups excluding carboxylic acids is 1. The van der Waals surface area contributed by atoms with Crippen LogP contribution in [0.4, 0.5) is 13.2 Å². The summed E-state index contributed by atoms with van der Waals surface area (Å²) in [6.07, 6.45) is -4.20. The molecule has 1 amide bonds. The molecule has 1 fully saturated rings. The molecule has 2 aromatic rings. The van der Waals surface area contributed by atoms with Crippen molar-refractivity contribution in [1.82, 2.24) is 4.90 Å². The number of halogens is 3. The van der Waals surface area contributed by atoms with Crippen LogP contribution in [0.2, 0.25) is 0 Å². The van der Waals surface area contributed by atoms with E-state index in [-0.39, 0.29) is 31.8 Å². The summed E-state index contributed by atoms with van der Waals surface area (Å²) >= 11 is 1.34. The van der Waals surface area contributed by atoms with Crippen molar-refractivity contribution in [3.63, 3.8) is 0 Å². The lowest BCUT2D eigenvalue weighted by Crippen LogP contribution is -2.41. The lowest BCUT2D eigenvalue weighted by Gasteiger charge is -2.32. The van der Waals surface area contributed by atoms with Crippen LogP contribution in [0.5, 0.6) is 5.75 Å². The van der Waals surface area contributed by atoms with E-state index in [1.54, 1.807) is 13.2 Å². The second kappa shape index (κ2) is 6.03. The Morgan fingerprint density at radius 3 is 2.57 bits per heavy atom. The number of methoxy groups -OCH3 is 1. The number of likely N-dealkylation sites (tertiary alicyclic amines) is 1. The zero-order valence-electron chi connectivity index (χ0n) is 12.5. The number of amides is 1. The molecule has 3 rings (SSSR count). The Morgan fingerprint density at radius 1 is 1.26 bits per heavy atom. The van der Waals surface area contributed by atoms with Crippen molar-refractivity contribution in [2.45, 2.75) is 19.0 Å². The van der Waals surface area contributed by atoms with Crippen molar-refractivity contribution >= 4 is 27.3 Å². The Kier molecular flexibility index (Phi) is 4.23. The Hall–Kier alpha value is -1.76. The molecule has 2 heterocycles. The summed E-state index contributed by atoms with van der Waals surface area (Å²) < 4.78 is 44.2. The van der Waals surface area contributed by atoms with Crippen molar-refractivity contribution in [3.05, 3.63) is 29.1 Å². The molecule has 1 saturated heterocycles. The van der Waals surface area contributed by atoms with Crippen LogP contribution in [-0.4, -0.2) is 37.2 Å². The van der Waals surface area contributed by atoms with E-state index in [1.165, 1.54) is 16.2 Å². The predicted octanol–water partition coefficient (Wildman–Crippen LogP) is 4.32. The molecule has 0 saturated carbocycles. The van der Waals surface area contributed by atoms with Gasteiger partial charge in [-0.2, -0.15) is 13.2 Å². The summed E-state index contributed by atoms with van der Waals surface area (Å²) in [5.41, 5.74) is 0. The monoisotopic (exact) mass is 343 g/mol. The number of benzene rings is 1. The van der Waals surface area contributed by atoms with E-state index in [9.17, 15) is 18.0 Å². The first-order valence-electron chi connectivity index (χ1n) is 7.32. The summed E-state index contributed by atoms with van der Waals surface area (Å²) in [4.78, 5) is 14.6. The highest BCUT2D eigenvalue weighted by Gasteiger charge is 2.41. The molecule has 1 aromatic heterocycles. The first kappa shape index (κ1) is 16.1. The highest BCUT2D eigenvalue weighted by Crippen LogP contribution is 2.35. The fraction of sp³-hybridized carbons (Fsp3) is 0.438. The molecular weight excluding hydrogens is 327 g/mol. The van der Waals surface area contributed by atoms with Crippen molar-refractivity contribution in [2.24, 2.45) is 5.92 Å². The van der Waals surface area contributed by atoms with Gasteiger partial charge >= 0.3 is 6.18 Å². The van der Waals surface area contributed by atoms with E-state index in [0.717, 1.165) is 10.1 Å². The van der Waals surface area contributed by atoms with Crippen LogP contribution in [0.15, 0.2) is 24.3 Å². The average molecular weight is 343 g/mol. The number of piperidine rings is 1. The van der Waals surface area contributed by atoms with Gasteiger partial charge in [0.1, 0.15) is 5.75 Å². The number of ether oxygens (including phenoxy) is 1. The fourth-order valence-electron chi connectivity index (χ4n) is 2.81. The number of rotatable bonds is 2. The van der Waals surface area contributed by atoms with Crippen molar-refractivity contribution < 1.29 is 22.7 Å². The Bertz CT molecular complexity index is 718. The molecule has 23 heavy (non-hydrogen) atoms. The second-order valence-corrected chi connectivity index (χ2v) is 6.71. The summed E-state index contributed by atoms with van der Waals surface area (Å²) in [7, 11) is 1.58. The van der Waals surface area contributed by atoms with E-state index in [0.29, 0.717) is 10.6 Å². The molecule has 0 radical (unpaired) electrons. The molecule has 124 valence electrons. The molecule has 1 aliphatic heterocycles. The lowest BCUT2D eigenvalue weighted by molar-refractivity contribution is -0.183. The average Bonchev–Trinajstić information content (AvgIpc) is 2.96. The van der Waals surface area contributed by atoms with Crippen LogP contribution >= 0.6 is 11.3 Å². The van der Waals surface area contributed by atoms with Gasteiger partial charge in [0.05, 0.1) is 17.9 Å². The molecule has 0 bridgehead atoms. The standard InChI is InChI=1S/C16H16F3NO2S/c1-22-12-3-2-10-8-14(23-13(10)9-12)15(21)20-6-4-11(5-7-20)16(17,18)19/h2-3,8-9,11H,4-7H2,1H3. The van der Waals surface area contributed by atoms with Gasteiger partial charge in [-0.3, -0.25) is 4.79 Å². The minimum Gasteiger partial charge on any atom is -0.497 e. The third-order valence-corrected chi connectivity index (χ3v) is 5.27. The maximum Gasteiger partial charge on any atom is 0.391 e. The summed E-state index contributed by atoms with van der Waals surface area (Å²) in [6, 6.07) is 7.33. The second-order valence-electron chi connectivity index (χ2n) is 5.62. The van der Waals surface area contributed by atoms with Crippen LogP contribution in [0, 0.1) is 5.92 Å². The molecule has 7 heteroatoms. The normalized spacial score (nSPS) is 16.8. The maximum atomic E-state index is 12.7. The minimum atomic E-state index is -4.16. The zero-order valence-corrected chi connectivity index (χ0v) is 13.3. The predicted molar refractivity (Wildman–Crippen MR) is 83.1 cm³/mol. The third kappa shape index (κ3) is 3.29.